The van der Waals surface area contributed by atoms with Crippen LogP contribution in [0.25, 0.3) is 10.8 Å². The molecular weight excluding hydrogens is 288 g/mol. The molecule has 0 aliphatic heterocycles. The molecule has 1 aliphatic carbocycles. The lowest BCUT2D eigenvalue weighted by Gasteiger charge is -2.24. The molecule has 4 heteroatoms. The van der Waals surface area contributed by atoms with Gasteiger partial charge in [-0.2, -0.15) is 0 Å². The number of hydrogen-bond donors (Lipinski definition) is 1. The molecule has 3 rings (SSSR count). The Bertz CT molecular complexity index is 710. The molecule has 1 N–H and O–H groups in total. The molecule has 0 heterocycles. The maximum atomic E-state index is 12.1. The van der Waals surface area contributed by atoms with Crippen molar-refractivity contribution in [1.29, 1.82) is 0 Å². The minimum atomic E-state index is -0.123. The highest BCUT2D eigenvalue weighted by atomic mass is 16.5. The zero-order valence-electron chi connectivity index (χ0n) is 14.0. The number of nitrogens with one attached hydrogen (secondary N) is 1. The van der Waals surface area contributed by atoms with Gasteiger partial charge in [0.2, 0.25) is 5.91 Å². The molecule has 0 unspecified atom stereocenters. The SMILES string of the molecule is COc1ccc2cc(CN(C)[C@@H](C)C(=O)NC3CC3)ccc2c1. The molecule has 0 bridgehead atoms. The zero-order valence-corrected chi connectivity index (χ0v) is 14.0. The smallest absolute Gasteiger partial charge is 0.237 e. The molecule has 1 fully saturated rings. The van der Waals surface area contributed by atoms with E-state index in [9.17, 15) is 4.79 Å². The van der Waals surface area contributed by atoms with Gasteiger partial charge in [-0.1, -0.05) is 18.2 Å². The molecule has 2 aromatic carbocycles. The molecule has 1 saturated carbocycles. The second-order valence-corrected chi connectivity index (χ2v) is 6.42. The summed E-state index contributed by atoms with van der Waals surface area (Å²) in [5, 5.41) is 5.42. The van der Waals surface area contributed by atoms with Crippen molar-refractivity contribution in [2.75, 3.05) is 14.2 Å². The maximum absolute atomic E-state index is 12.1. The number of amides is 1. The van der Waals surface area contributed by atoms with Gasteiger partial charge in [0.05, 0.1) is 13.2 Å². The third kappa shape index (κ3) is 3.82. The molecule has 122 valence electrons. The highest BCUT2D eigenvalue weighted by Crippen LogP contribution is 2.23. The van der Waals surface area contributed by atoms with E-state index in [2.05, 4.69) is 34.5 Å². The van der Waals surface area contributed by atoms with E-state index in [-0.39, 0.29) is 11.9 Å². The molecule has 2 aromatic rings. The molecule has 0 saturated heterocycles. The van der Waals surface area contributed by atoms with Crippen LogP contribution in [0.4, 0.5) is 0 Å². The van der Waals surface area contributed by atoms with Crippen molar-refractivity contribution in [3.63, 3.8) is 0 Å². The van der Waals surface area contributed by atoms with Crippen LogP contribution in [0.1, 0.15) is 25.3 Å². The molecular formula is C19H24N2O2. The fourth-order valence-corrected chi connectivity index (χ4v) is 2.67. The van der Waals surface area contributed by atoms with Gasteiger partial charge in [0.1, 0.15) is 5.75 Å². The predicted molar refractivity (Wildman–Crippen MR) is 92.6 cm³/mol. The quantitative estimate of drug-likeness (QED) is 0.891. The van der Waals surface area contributed by atoms with Crippen molar-refractivity contribution in [2.45, 2.75) is 38.4 Å². The summed E-state index contributed by atoms with van der Waals surface area (Å²) in [6, 6.07) is 12.8. The minimum absolute atomic E-state index is 0.123. The van der Waals surface area contributed by atoms with E-state index >= 15 is 0 Å². The van der Waals surface area contributed by atoms with Crippen molar-refractivity contribution < 1.29 is 9.53 Å². The summed E-state index contributed by atoms with van der Waals surface area (Å²) < 4.78 is 5.26. The molecule has 0 radical (unpaired) electrons. The van der Waals surface area contributed by atoms with E-state index in [0.717, 1.165) is 30.5 Å². The Labute approximate surface area is 137 Å². The summed E-state index contributed by atoms with van der Waals surface area (Å²) in [5.74, 6) is 0.994. The number of fused-ring (bicyclic) bond motifs is 1. The summed E-state index contributed by atoms with van der Waals surface area (Å²) in [7, 11) is 3.67. The van der Waals surface area contributed by atoms with E-state index < -0.39 is 0 Å². The van der Waals surface area contributed by atoms with Crippen LogP contribution >= 0.6 is 0 Å². The highest BCUT2D eigenvalue weighted by molar-refractivity contribution is 5.84. The van der Waals surface area contributed by atoms with Crippen LogP contribution in [-0.4, -0.2) is 37.0 Å². The van der Waals surface area contributed by atoms with Gasteiger partial charge in [-0.3, -0.25) is 9.69 Å². The molecule has 23 heavy (non-hydrogen) atoms. The monoisotopic (exact) mass is 312 g/mol. The second-order valence-electron chi connectivity index (χ2n) is 6.42. The summed E-state index contributed by atoms with van der Waals surface area (Å²) in [6.45, 7) is 2.71. The Hall–Kier alpha value is -2.07. The molecule has 0 aromatic heterocycles. The van der Waals surface area contributed by atoms with Gasteiger partial charge in [0, 0.05) is 12.6 Å². The average molecular weight is 312 g/mol. The number of carbonyl (C=O) groups excluding carboxylic acids is 1. The molecule has 1 amide bonds. The lowest BCUT2D eigenvalue weighted by atomic mass is 10.1. The van der Waals surface area contributed by atoms with Gasteiger partial charge in [-0.15, -0.1) is 0 Å². The number of carbonyl (C=O) groups is 1. The summed E-state index contributed by atoms with van der Waals surface area (Å²) >= 11 is 0. The second kappa shape index (κ2) is 6.59. The van der Waals surface area contributed by atoms with E-state index in [1.807, 2.05) is 26.1 Å². The Kier molecular flexibility index (Phi) is 4.53. The summed E-state index contributed by atoms with van der Waals surface area (Å²) in [4.78, 5) is 14.2. The third-order valence-electron chi connectivity index (χ3n) is 4.51. The lowest BCUT2D eigenvalue weighted by molar-refractivity contribution is -0.125. The van der Waals surface area contributed by atoms with Gasteiger partial charge in [0.15, 0.2) is 0 Å². The topological polar surface area (TPSA) is 41.6 Å². The van der Waals surface area contributed by atoms with E-state index in [4.69, 9.17) is 4.74 Å². The summed E-state index contributed by atoms with van der Waals surface area (Å²) in [6.07, 6.45) is 2.24. The minimum Gasteiger partial charge on any atom is -0.497 e. The Balaban J connectivity index is 1.68. The molecule has 1 aliphatic rings. The van der Waals surface area contributed by atoms with Crippen molar-refractivity contribution >= 4 is 16.7 Å². The van der Waals surface area contributed by atoms with Crippen molar-refractivity contribution in [3.8, 4) is 5.75 Å². The predicted octanol–water partition coefficient (Wildman–Crippen LogP) is 2.95. The molecule has 1 atom stereocenters. The van der Waals surface area contributed by atoms with Crippen LogP contribution in [0.3, 0.4) is 0 Å². The van der Waals surface area contributed by atoms with Crippen LogP contribution in [0.5, 0.6) is 5.75 Å². The van der Waals surface area contributed by atoms with E-state index in [1.165, 1.54) is 10.9 Å². The van der Waals surface area contributed by atoms with Gasteiger partial charge < -0.3 is 10.1 Å². The van der Waals surface area contributed by atoms with E-state index in [0.29, 0.717) is 6.04 Å². The summed E-state index contributed by atoms with van der Waals surface area (Å²) in [5.41, 5.74) is 1.20. The first kappa shape index (κ1) is 15.8. The first-order valence-electron chi connectivity index (χ1n) is 8.14. The van der Waals surface area contributed by atoms with Crippen molar-refractivity contribution in [1.82, 2.24) is 10.2 Å². The fraction of sp³-hybridized carbons (Fsp3) is 0.421. The van der Waals surface area contributed by atoms with Crippen LogP contribution in [0.15, 0.2) is 36.4 Å². The largest absolute Gasteiger partial charge is 0.497 e. The van der Waals surface area contributed by atoms with Crippen LogP contribution in [-0.2, 0) is 11.3 Å². The first-order chi connectivity index (χ1) is 11.1. The number of benzene rings is 2. The standard InChI is InChI=1S/C19H24N2O2/c1-13(19(22)20-17-7-8-17)21(2)12-14-4-5-16-11-18(23-3)9-6-15(16)10-14/h4-6,9-11,13,17H,7-8,12H2,1-3H3,(H,20,22)/t13-/m0/s1. The number of ether oxygens (including phenoxy) is 1. The van der Waals surface area contributed by atoms with Crippen molar-refractivity contribution in [3.05, 3.63) is 42.0 Å². The number of likely N-dealkylation sites (N-methyl/N-ethyl adjacent to an activating group) is 1. The number of methoxy groups -OCH3 is 1. The Morgan fingerprint density at radius 3 is 2.65 bits per heavy atom. The molecule has 0 spiro atoms. The first-order valence-corrected chi connectivity index (χ1v) is 8.14. The third-order valence-corrected chi connectivity index (χ3v) is 4.51. The van der Waals surface area contributed by atoms with Crippen LogP contribution in [0.2, 0.25) is 0 Å². The lowest BCUT2D eigenvalue weighted by Crippen LogP contribution is -2.43. The molecule has 4 nitrogen and oxygen atoms in total. The van der Waals surface area contributed by atoms with Crippen molar-refractivity contribution in [2.24, 2.45) is 0 Å². The average Bonchev–Trinajstić information content (AvgIpc) is 3.37. The van der Waals surface area contributed by atoms with Gasteiger partial charge in [-0.05, 0) is 61.3 Å². The highest BCUT2D eigenvalue weighted by Gasteiger charge is 2.27. The number of rotatable bonds is 6. The van der Waals surface area contributed by atoms with Gasteiger partial charge >= 0.3 is 0 Å². The van der Waals surface area contributed by atoms with Gasteiger partial charge in [-0.25, -0.2) is 0 Å². The van der Waals surface area contributed by atoms with Crippen LogP contribution < -0.4 is 10.1 Å². The Morgan fingerprint density at radius 2 is 1.96 bits per heavy atom. The number of hydrogen-bond acceptors (Lipinski definition) is 3. The normalized spacial score (nSPS) is 15.7. The zero-order chi connectivity index (χ0) is 16.4. The van der Waals surface area contributed by atoms with Gasteiger partial charge in [0.25, 0.3) is 0 Å². The maximum Gasteiger partial charge on any atom is 0.237 e. The van der Waals surface area contributed by atoms with Crippen LogP contribution in [0, 0.1) is 0 Å². The Morgan fingerprint density at radius 1 is 1.26 bits per heavy atom. The number of nitrogens with zero attached hydrogens (tertiary/aromatic N) is 1. The fourth-order valence-electron chi connectivity index (χ4n) is 2.67. The van der Waals surface area contributed by atoms with E-state index in [1.54, 1.807) is 7.11 Å².